The van der Waals surface area contributed by atoms with Gasteiger partial charge < -0.3 is 4.74 Å². The van der Waals surface area contributed by atoms with Gasteiger partial charge in [0.25, 0.3) is 0 Å². The molecule has 0 bridgehead atoms. The Labute approximate surface area is 82.0 Å². The van der Waals surface area contributed by atoms with E-state index in [9.17, 15) is 0 Å². The summed E-state index contributed by atoms with van der Waals surface area (Å²) in [5.74, 6) is 1.81. The summed E-state index contributed by atoms with van der Waals surface area (Å²) in [5, 5.41) is 0. The molecule has 1 saturated carbocycles. The monoisotopic (exact) mass is 176 g/mol. The molecular weight excluding hydrogens is 159 g/mol. The molecule has 0 aromatic carbocycles. The van der Waals surface area contributed by atoms with Crippen LogP contribution in [0.2, 0.25) is 0 Å². The summed E-state index contributed by atoms with van der Waals surface area (Å²) < 4.78 is 5.63. The molecule has 1 nitrogen and oxygen atoms in total. The highest BCUT2D eigenvalue weighted by Gasteiger charge is 2.36. The molecule has 2 radical (unpaired) electrons. The lowest BCUT2D eigenvalue weighted by atomic mass is 9.71. The van der Waals surface area contributed by atoms with Gasteiger partial charge in [-0.2, -0.15) is 0 Å². The maximum atomic E-state index is 5.63. The minimum Gasteiger partial charge on any atom is -0.504 e. The average molecular weight is 176 g/mol. The molecule has 1 unspecified atom stereocenters. The minimum absolute atomic E-state index is 0.00882. The van der Waals surface area contributed by atoms with Crippen LogP contribution >= 0.6 is 0 Å². The number of hydrogen-bond donors (Lipinski definition) is 0. The molecule has 1 aliphatic heterocycles. The lowest BCUT2D eigenvalue weighted by Gasteiger charge is -2.38. The van der Waals surface area contributed by atoms with Crippen molar-refractivity contribution < 1.29 is 4.74 Å². The predicted octanol–water partition coefficient (Wildman–Crippen LogP) is 2.61. The van der Waals surface area contributed by atoms with E-state index in [2.05, 4.69) is 13.8 Å². The van der Waals surface area contributed by atoms with Crippen molar-refractivity contribution in [3.8, 4) is 0 Å². The van der Waals surface area contributed by atoms with Crippen LogP contribution in [0.3, 0.4) is 0 Å². The van der Waals surface area contributed by atoms with Crippen LogP contribution in [0.4, 0.5) is 0 Å². The lowest BCUT2D eigenvalue weighted by Crippen LogP contribution is -2.33. The first-order valence-electron chi connectivity index (χ1n) is 5.22. The molecule has 0 spiro atoms. The molecule has 0 N–H and O–H groups in total. The van der Waals surface area contributed by atoms with Gasteiger partial charge in [-0.1, -0.05) is 13.0 Å². The molecular formula is C11H17BO. The zero-order chi connectivity index (χ0) is 9.47. The van der Waals surface area contributed by atoms with Crippen LogP contribution in [0.25, 0.3) is 0 Å². The summed E-state index contributed by atoms with van der Waals surface area (Å²) >= 11 is 0. The number of rotatable bonds is 2. The molecule has 0 saturated heterocycles. The fourth-order valence-corrected chi connectivity index (χ4v) is 2.66. The van der Waals surface area contributed by atoms with Crippen molar-refractivity contribution >= 4 is 7.85 Å². The summed E-state index contributed by atoms with van der Waals surface area (Å²) in [5.41, 5.74) is 0.629. The lowest BCUT2D eigenvalue weighted by molar-refractivity contribution is 0.00879. The van der Waals surface area contributed by atoms with Crippen molar-refractivity contribution in [2.75, 3.05) is 0 Å². The molecule has 1 aliphatic carbocycles. The van der Waals surface area contributed by atoms with Crippen molar-refractivity contribution in [1.29, 1.82) is 0 Å². The molecule has 70 valence electrons. The second kappa shape index (κ2) is 3.07. The average Bonchev–Trinajstić information content (AvgIpc) is 2.28. The van der Waals surface area contributed by atoms with E-state index in [1.807, 2.05) is 6.08 Å². The van der Waals surface area contributed by atoms with Crippen LogP contribution < -0.4 is 0 Å². The smallest absolute Gasteiger partial charge is 0.166 e. The summed E-state index contributed by atoms with van der Waals surface area (Å²) in [6.07, 6.45) is 6.91. The molecule has 2 heteroatoms. The van der Waals surface area contributed by atoms with Crippen LogP contribution in [0.15, 0.2) is 11.7 Å². The van der Waals surface area contributed by atoms with Gasteiger partial charge in [-0.15, -0.1) is 0 Å². The third-order valence-corrected chi connectivity index (χ3v) is 3.29. The zero-order valence-corrected chi connectivity index (χ0v) is 8.55. The van der Waals surface area contributed by atoms with E-state index in [0.717, 1.165) is 18.3 Å². The molecule has 0 aromatic heterocycles. The van der Waals surface area contributed by atoms with Crippen molar-refractivity contribution in [3.63, 3.8) is 0 Å². The topological polar surface area (TPSA) is 9.23 Å². The van der Waals surface area contributed by atoms with Gasteiger partial charge in [0.1, 0.15) is 5.60 Å². The van der Waals surface area contributed by atoms with Crippen LogP contribution in [-0.4, -0.2) is 13.4 Å². The summed E-state index contributed by atoms with van der Waals surface area (Å²) in [4.78, 5) is 0. The summed E-state index contributed by atoms with van der Waals surface area (Å²) in [6.45, 7) is 4.49. The van der Waals surface area contributed by atoms with Crippen LogP contribution in [-0.2, 0) is 4.74 Å². The van der Waals surface area contributed by atoms with E-state index in [1.165, 1.54) is 19.3 Å². The van der Waals surface area contributed by atoms with Gasteiger partial charge in [-0.3, -0.25) is 0 Å². The van der Waals surface area contributed by atoms with Gasteiger partial charge in [-0.05, 0) is 38.0 Å². The fraction of sp³-hybridized carbons (Fsp3) is 0.818. The minimum atomic E-state index is 0.00882. The standard InChI is InChI=1S/C11H17BO/c1-8-5-9(6-8)7-11(2)4-3-10(12)13-11/h3,8-9H,4-7H2,1-2H3. The number of hydrogen-bond acceptors (Lipinski definition) is 1. The number of ether oxygens (including phenoxy) is 1. The van der Waals surface area contributed by atoms with E-state index in [4.69, 9.17) is 12.6 Å². The molecule has 0 amide bonds. The van der Waals surface area contributed by atoms with Gasteiger partial charge in [0.2, 0.25) is 0 Å². The van der Waals surface area contributed by atoms with Gasteiger partial charge >= 0.3 is 0 Å². The Morgan fingerprint density at radius 2 is 2.31 bits per heavy atom. The highest BCUT2D eigenvalue weighted by atomic mass is 16.5. The Morgan fingerprint density at radius 3 is 2.77 bits per heavy atom. The van der Waals surface area contributed by atoms with E-state index < -0.39 is 0 Å². The van der Waals surface area contributed by atoms with Crippen LogP contribution in [0, 0.1) is 11.8 Å². The second-order valence-electron chi connectivity index (χ2n) is 5.01. The third-order valence-electron chi connectivity index (χ3n) is 3.29. The molecule has 1 fully saturated rings. The van der Waals surface area contributed by atoms with Gasteiger partial charge in [0, 0.05) is 12.1 Å². The van der Waals surface area contributed by atoms with Gasteiger partial charge in [0.15, 0.2) is 7.85 Å². The maximum Gasteiger partial charge on any atom is 0.166 e. The zero-order valence-electron chi connectivity index (χ0n) is 8.55. The quantitative estimate of drug-likeness (QED) is 0.587. The highest BCUT2D eigenvalue weighted by Crippen LogP contribution is 2.42. The molecule has 0 aromatic rings. The van der Waals surface area contributed by atoms with E-state index in [1.54, 1.807) is 0 Å². The van der Waals surface area contributed by atoms with E-state index >= 15 is 0 Å². The largest absolute Gasteiger partial charge is 0.504 e. The molecule has 2 aliphatic rings. The molecule has 1 atom stereocenters. The molecule has 13 heavy (non-hydrogen) atoms. The summed E-state index contributed by atoms with van der Waals surface area (Å²) in [6, 6.07) is 0. The van der Waals surface area contributed by atoms with Gasteiger partial charge in [-0.25, -0.2) is 0 Å². The fourth-order valence-electron chi connectivity index (χ4n) is 2.66. The Balaban J connectivity index is 1.82. The highest BCUT2D eigenvalue weighted by molar-refractivity contribution is 6.20. The molecule has 1 heterocycles. The van der Waals surface area contributed by atoms with Gasteiger partial charge in [0.05, 0.1) is 0 Å². The van der Waals surface area contributed by atoms with Crippen molar-refractivity contribution in [2.24, 2.45) is 11.8 Å². The first-order valence-corrected chi connectivity index (χ1v) is 5.22. The maximum absolute atomic E-state index is 5.63. The Bertz CT molecular complexity index is 230. The molecule has 2 rings (SSSR count). The second-order valence-corrected chi connectivity index (χ2v) is 5.01. The van der Waals surface area contributed by atoms with Crippen molar-refractivity contribution in [1.82, 2.24) is 0 Å². The Morgan fingerprint density at radius 1 is 1.62 bits per heavy atom. The van der Waals surface area contributed by atoms with Crippen molar-refractivity contribution in [3.05, 3.63) is 11.7 Å². The van der Waals surface area contributed by atoms with Crippen LogP contribution in [0.5, 0.6) is 0 Å². The Hall–Kier alpha value is -0.395. The third kappa shape index (κ3) is 1.92. The normalized spacial score (nSPS) is 43.7. The SMILES string of the molecule is [B]C1=CCC(C)(CC2CC(C)C2)O1. The van der Waals surface area contributed by atoms with Crippen molar-refractivity contribution in [2.45, 2.75) is 45.1 Å². The summed E-state index contributed by atoms with van der Waals surface area (Å²) in [7, 11) is 5.61. The first-order chi connectivity index (χ1) is 6.07. The van der Waals surface area contributed by atoms with E-state index in [0.29, 0.717) is 5.66 Å². The van der Waals surface area contributed by atoms with Crippen LogP contribution in [0.1, 0.15) is 39.5 Å². The van der Waals surface area contributed by atoms with E-state index in [-0.39, 0.29) is 5.60 Å². The Kier molecular flexibility index (Phi) is 2.17. The predicted molar refractivity (Wildman–Crippen MR) is 54.4 cm³/mol. The first kappa shape index (κ1) is 9.17.